The first-order valence-electron chi connectivity index (χ1n) is 8.26. The van der Waals surface area contributed by atoms with E-state index in [9.17, 15) is 4.79 Å². The third-order valence-electron chi connectivity index (χ3n) is 4.27. The van der Waals surface area contributed by atoms with E-state index in [-0.39, 0.29) is 17.4 Å². The zero-order chi connectivity index (χ0) is 17.3. The van der Waals surface area contributed by atoms with Crippen LogP contribution < -0.4 is 5.32 Å². The SMILES string of the molecule is Cc1ccccc1C1C(=O)NCCN1Cc1nc(C(C)(C)C)no1. The van der Waals surface area contributed by atoms with Crippen molar-refractivity contribution in [3.8, 4) is 0 Å². The van der Waals surface area contributed by atoms with Crippen molar-refractivity contribution < 1.29 is 9.32 Å². The summed E-state index contributed by atoms with van der Waals surface area (Å²) in [6.45, 7) is 10.0. The van der Waals surface area contributed by atoms with Gasteiger partial charge in [-0.25, -0.2) is 0 Å². The Hall–Kier alpha value is -2.21. The maximum absolute atomic E-state index is 12.5. The Bertz CT molecular complexity index is 733. The fraction of sp³-hybridized carbons (Fsp3) is 0.500. The topological polar surface area (TPSA) is 71.3 Å². The molecule has 0 saturated carbocycles. The van der Waals surface area contributed by atoms with Crippen LogP contribution in [0, 0.1) is 6.92 Å². The molecule has 6 nitrogen and oxygen atoms in total. The Kier molecular flexibility index (Phi) is 4.41. The van der Waals surface area contributed by atoms with Crippen LogP contribution in [0.2, 0.25) is 0 Å². The lowest BCUT2D eigenvalue weighted by molar-refractivity contribution is -0.129. The van der Waals surface area contributed by atoms with Gasteiger partial charge >= 0.3 is 0 Å². The molecule has 0 radical (unpaired) electrons. The molecule has 2 aromatic rings. The molecule has 1 amide bonds. The van der Waals surface area contributed by atoms with Gasteiger partial charge in [0.15, 0.2) is 5.82 Å². The summed E-state index contributed by atoms with van der Waals surface area (Å²) in [6, 6.07) is 7.65. The van der Waals surface area contributed by atoms with E-state index >= 15 is 0 Å². The second-order valence-electron chi connectivity index (χ2n) is 7.28. The Morgan fingerprint density at radius 2 is 2.08 bits per heavy atom. The zero-order valence-corrected chi connectivity index (χ0v) is 14.7. The van der Waals surface area contributed by atoms with Crippen LogP contribution in [0.1, 0.15) is 49.7 Å². The molecule has 1 aliphatic rings. The standard InChI is InChI=1S/C18H24N4O2/c1-12-7-5-6-8-13(12)15-16(23)19-9-10-22(15)11-14-20-17(21-24-14)18(2,3)4/h5-8,15H,9-11H2,1-4H3,(H,19,23). The Balaban J connectivity index is 1.86. The molecule has 1 aliphatic heterocycles. The van der Waals surface area contributed by atoms with Crippen LogP contribution in [-0.2, 0) is 16.8 Å². The van der Waals surface area contributed by atoms with Crippen molar-refractivity contribution in [1.82, 2.24) is 20.4 Å². The molecule has 1 aromatic carbocycles. The highest BCUT2D eigenvalue weighted by atomic mass is 16.5. The second kappa shape index (κ2) is 6.36. The van der Waals surface area contributed by atoms with Crippen LogP contribution in [0.4, 0.5) is 0 Å². The van der Waals surface area contributed by atoms with Crippen LogP contribution in [0.3, 0.4) is 0 Å². The van der Waals surface area contributed by atoms with Crippen molar-refractivity contribution in [2.45, 2.75) is 45.7 Å². The molecule has 1 aromatic heterocycles. The molecule has 1 fully saturated rings. The normalized spacial score (nSPS) is 19.3. The van der Waals surface area contributed by atoms with Gasteiger partial charge in [0.05, 0.1) is 6.54 Å². The number of amides is 1. The summed E-state index contributed by atoms with van der Waals surface area (Å²) >= 11 is 0. The van der Waals surface area contributed by atoms with E-state index in [0.717, 1.165) is 17.7 Å². The number of benzene rings is 1. The summed E-state index contributed by atoms with van der Waals surface area (Å²) in [7, 11) is 0. The van der Waals surface area contributed by atoms with Crippen molar-refractivity contribution in [3.63, 3.8) is 0 Å². The summed E-state index contributed by atoms with van der Waals surface area (Å²) in [5.41, 5.74) is 1.96. The number of hydrogen-bond donors (Lipinski definition) is 1. The minimum absolute atomic E-state index is 0.0195. The van der Waals surface area contributed by atoms with Crippen LogP contribution in [0.15, 0.2) is 28.8 Å². The van der Waals surface area contributed by atoms with Gasteiger partial charge in [0.2, 0.25) is 11.8 Å². The predicted molar refractivity (Wildman–Crippen MR) is 90.3 cm³/mol. The highest BCUT2D eigenvalue weighted by Crippen LogP contribution is 2.28. The van der Waals surface area contributed by atoms with E-state index in [2.05, 4.69) is 20.4 Å². The molecule has 1 unspecified atom stereocenters. The number of aryl methyl sites for hydroxylation is 1. The first-order chi connectivity index (χ1) is 11.4. The first-order valence-corrected chi connectivity index (χ1v) is 8.26. The number of aromatic nitrogens is 2. The minimum Gasteiger partial charge on any atom is -0.353 e. The van der Waals surface area contributed by atoms with Crippen molar-refractivity contribution in [1.29, 1.82) is 0 Å². The summed E-state index contributed by atoms with van der Waals surface area (Å²) in [6.07, 6.45) is 0. The van der Waals surface area contributed by atoms with Gasteiger partial charge in [-0.05, 0) is 18.1 Å². The lowest BCUT2D eigenvalue weighted by atomic mass is 9.96. The Morgan fingerprint density at radius 3 is 2.75 bits per heavy atom. The van der Waals surface area contributed by atoms with E-state index in [1.165, 1.54) is 0 Å². The monoisotopic (exact) mass is 328 g/mol. The largest absolute Gasteiger partial charge is 0.353 e. The number of carbonyl (C=O) groups is 1. The molecular weight excluding hydrogens is 304 g/mol. The van der Waals surface area contributed by atoms with Gasteiger partial charge in [0.1, 0.15) is 6.04 Å². The molecule has 0 spiro atoms. The van der Waals surface area contributed by atoms with Crippen molar-refractivity contribution >= 4 is 5.91 Å². The van der Waals surface area contributed by atoms with Crippen LogP contribution in [-0.4, -0.2) is 34.0 Å². The minimum atomic E-state index is -0.329. The summed E-state index contributed by atoms with van der Waals surface area (Å²) in [5, 5.41) is 7.03. The lowest BCUT2D eigenvalue weighted by Crippen LogP contribution is -2.49. The smallest absolute Gasteiger partial charge is 0.242 e. The molecule has 3 rings (SSSR count). The van der Waals surface area contributed by atoms with E-state index < -0.39 is 0 Å². The van der Waals surface area contributed by atoms with Gasteiger partial charge in [-0.1, -0.05) is 50.2 Å². The molecule has 0 aliphatic carbocycles. The molecule has 6 heteroatoms. The van der Waals surface area contributed by atoms with Gasteiger partial charge in [0, 0.05) is 18.5 Å². The highest BCUT2D eigenvalue weighted by molar-refractivity contribution is 5.84. The second-order valence-corrected chi connectivity index (χ2v) is 7.28. The van der Waals surface area contributed by atoms with Gasteiger partial charge in [-0.3, -0.25) is 9.69 Å². The van der Waals surface area contributed by atoms with Gasteiger partial charge in [0.25, 0.3) is 0 Å². The Morgan fingerprint density at radius 1 is 1.33 bits per heavy atom. The predicted octanol–water partition coefficient (Wildman–Crippen LogP) is 2.35. The van der Waals surface area contributed by atoms with Crippen molar-refractivity contribution in [3.05, 3.63) is 47.1 Å². The fourth-order valence-corrected chi connectivity index (χ4v) is 2.91. The van der Waals surface area contributed by atoms with E-state index in [1.807, 2.05) is 52.0 Å². The quantitative estimate of drug-likeness (QED) is 0.936. The molecule has 128 valence electrons. The van der Waals surface area contributed by atoms with Crippen LogP contribution in [0.5, 0.6) is 0 Å². The highest BCUT2D eigenvalue weighted by Gasteiger charge is 2.33. The number of piperazine rings is 1. The molecule has 0 bridgehead atoms. The summed E-state index contributed by atoms with van der Waals surface area (Å²) in [4.78, 5) is 19.1. The lowest BCUT2D eigenvalue weighted by Gasteiger charge is -2.34. The average molecular weight is 328 g/mol. The van der Waals surface area contributed by atoms with Crippen molar-refractivity contribution in [2.75, 3.05) is 13.1 Å². The maximum Gasteiger partial charge on any atom is 0.242 e. The third-order valence-corrected chi connectivity index (χ3v) is 4.27. The summed E-state index contributed by atoms with van der Waals surface area (Å²) in [5.74, 6) is 1.26. The Labute approximate surface area is 142 Å². The average Bonchev–Trinajstić information content (AvgIpc) is 2.98. The molecule has 1 saturated heterocycles. The third kappa shape index (κ3) is 3.33. The van der Waals surface area contributed by atoms with Crippen molar-refractivity contribution in [2.24, 2.45) is 0 Å². The number of carbonyl (C=O) groups excluding carboxylic acids is 1. The molecule has 1 N–H and O–H groups in total. The maximum atomic E-state index is 12.5. The molecule has 2 heterocycles. The number of rotatable bonds is 3. The van der Waals surface area contributed by atoms with E-state index in [1.54, 1.807) is 0 Å². The van der Waals surface area contributed by atoms with E-state index in [0.29, 0.717) is 24.8 Å². The molecule has 1 atom stereocenters. The summed E-state index contributed by atoms with van der Waals surface area (Å²) < 4.78 is 5.41. The first kappa shape index (κ1) is 16.6. The fourth-order valence-electron chi connectivity index (χ4n) is 2.91. The van der Waals surface area contributed by atoms with Crippen LogP contribution in [0.25, 0.3) is 0 Å². The van der Waals surface area contributed by atoms with E-state index in [4.69, 9.17) is 4.52 Å². The molecular formula is C18H24N4O2. The number of hydrogen-bond acceptors (Lipinski definition) is 5. The number of nitrogens with zero attached hydrogens (tertiary/aromatic N) is 3. The van der Waals surface area contributed by atoms with Crippen LogP contribution >= 0.6 is 0 Å². The zero-order valence-electron chi connectivity index (χ0n) is 14.7. The van der Waals surface area contributed by atoms with Gasteiger partial charge in [-0.15, -0.1) is 0 Å². The van der Waals surface area contributed by atoms with Gasteiger partial charge < -0.3 is 9.84 Å². The molecule has 24 heavy (non-hydrogen) atoms. The number of nitrogens with one attached hydrogen (secondary N) is 1. The van der Waals surface area contributed by atoms with Gasteiger partial charge in [-0.2, -0.15) is 4.98 Å².